The van der Waals surface area contributed by atoms with Gasteiger partial charge in [-0.1, -0.05) is 6.07 Å². The summed E-state index contributed by atoms with van der Waals surface area (Å²) in [5.74, 6) is 0.379. The van der Waals surface area contributed by atoms with Crippen molar-refractivity contribution in [2.24, 2.45) is 12.8 Å². The quantitative estimate of drug-likeness (QED) is 0.793. The number of anilines is 1. The van der Waals surface area contributed by atoms with Crippen molar-refractivity contribution in [2.75, 3.05) is 18.4 Å². The predicted octanol–water partition coefficient (Wildman–Crippen LogP) is 1.08. The zero-order valence-corrected chi connectivity index (χ0v) is 8.50. The molecule has 0 radical (unpaired) electrons. The fraction of sp³-hybridized carbons (Fsp3) is 0.300. The van der Waals surface area contributed by atoms with Crippen LogP contribution in [0.15, 0.2) is 18.2 Å². The summed E-state index contributed by atoms with van der Waals surface area (Å²) < 4.78 is 15.2. The number of hydrogen-bond acceptors (Lipinski definition) is 3. The number of halogens is 1. The van der Waals surface area contributed by atoms with Crippen LogP contribution in [0, 0.1) is 5.82 Å². The zero-order valence-electron chi connectivity index (χ0n) is 8.50. The standard InChI is InChI=1S/C10H13FN4/c1-15-9-7(11)3-2-4-8(9)14-10(15)13-6-5-12/h2-4H,5-6,12H2,1H3,(H,13,14). The van der Waals surface area contributed by atoms with Crippen LogP contribution >= 0.6 is 0 Å². The number of fused-ring (bicyclic) bond motifs is 1. The van der Waals surface area contributed by atoms with E-state index in [-0.39, 0.29) is 5.82 Å². The van der Waals surface area contributed by atoms with Crippen LogP contribution in [-0.2, 0) is 7.05 Å². The smallest absolute Gasteiger partial charge is 0.203 e. The third kappa shape index (κ3) is 1.66. The van der Waals surface area contributed by atoms with Crippen molar-refractivity contribution in [2.45, 2.75) is 0 Å². The minimum absolute atomic E-state index is 0.261. The number of benzene rings is 1. The molecule has 0 fully saturated rings. The van der Waals surface area contributed by atoms with E-state index in [4.69, 9.17) is 5.73 Å². The van der Waals surface area contributed by atoms with Gasteiger partial charge >= 0.3 is 0 Å². The van der Waals surface area contributed by atoms with Crippen molar-refractivity contribution >= 4 is 17.0 Å². The molecule has 2 rings (SSSR count). The minimum atomic E-state index is -0.261. The number of nitrogens with zero attached hydrogens (tertiary/aromatic N) is 2. The second-order valence-electron chi connectivity index (χ2n) is 3.32. The number of nitrogens with two attached hydrogens (primary N) is 1. The molecule has 0 saturated carbocycles. The van der Waals surface area contributed by atoms with Gasteiger partial charge in [0.2, 0.25) is 5.95 Å². The molecule has 0 bridgehead atoms. The second kappa shape index (κ2) is 3.86. The summed E-state index contributed by atoms with van der Waals surface area (Å²) in [6.07, 6.45) is 0. The average Bonchev–Trinajstić information content (AvgIpc) is 2.54. The lowest BCUT2D eigenvalue weighted by molar-refractivity contribution is 0.632. The Morgan fingerprint density at radius 1 is 1.53 bits per heavy atom. The van der Waals surface area contributed by atoms with E-state index in [2.05, 4.69) is 10.3 Å². The summed E-state index contributed by atoms with van der Waals surface area (Å²) in [4.78, 5) is 4.27. The SMILES string of the molecule is Cn1c(NCCN)nc2cccc(F)c21. The highest BCUT2D eigenvalue weighted by atomic mass is 19.1. The number of hydrogen-bond donors (Lipinski definition) is 2. The molecule has 0 spiro atoms. The van der Waals surface area contributed by atoms with Gasteiger partial charge in [-0.15, -0.1) is 0 Å². The molecule has 0 unspecified atom stereocenters. The van der Waals surface area contributed by atoms with E-state index in [0.717, 1.165) is 0 Å². The number of aromatic nitrogens is 2. The van der Waals surface area contributed by atoms with Crippen LogP contribution in [0.2, 0.25) is 0 Å². The summed E-state index contributed by atoms with van der Waals surface area (Å²) >= 11 is 0. The van der Waals surface area contributed by atoms with Crippen LogP contribution in [0.4, 0.5) is 10.3 Å². The van der Waals surface area contributed by atoms with Crippen LogP contribution in [0.1, 0.15) is 0 Å². The molecule has 5 heteroatoms. The van der Waals surface area contributed by atoms with Crippen molar-refractivity contribution in [3.8, 4) is 0 Å². The van der Waals surface area contributed by atoms with Gasteiger partial charge in [0.05, 0.1) is 5.52 Å². The van der Waals surface area contributed by atoms with Gasteiger partial charge < -0.3 is 15.6 Å². The summed E-state index contributed by atoms with van der Waals surface area (Å²) in [6, 6.07) is 4.86. The third-order valence-corrected chi connectivity index (χ3v) is 2.27. The Hall–Kier alpha value is -1.62. The molecule has 80 valence electrons. The Labute approximate surface area is 86.9 Å². The zero-order chi connectivity index (χ0) is 10.8. The van der Waals surface area contributed by atoms with Gasteiger partial charge in [-0.3, -0.25) is 0 Å². The second-order valence-corrected chi connectivity index (χ2v) is 3.32. The summed E-state index contributed by atoms with van der Waals surface area (Å²) in [5, 5.41) is 3.04. The minimum Gasteiger partial charge on any atom is -0.354 e. The van der Waals surface area contributed by atoms with Crippen LogP contribution < -0.4 is 11.1 Å². The van der Waals surface area contributed by atoms with Gasteiger partial charge in [-0.25, -0.2) is 9.37 Å². The van der Waals surface area contributed by atoms with E-state index >= 15 is 0 Å². The Morgan fingerprint density at radius 2 is 2.33 bits per heavy atom. The molecular formula is C10H13FN4. The predicted molar refractivity (Wildman–Crippen MR) is 58.2 cm³/mol. The number of nitrogens with one attached hydrogen (secondary N) is 1. The molecule has 3 N–H and O–H groups in total. The van der Waals surface area contributed by atoms with Gasteiger partial charge in [0.1, 0.15) is 11.3 Å². The molecule has 2 aromatic rings. The maximum atomic E-state index is 13.5. The highest BCUT2D eigenvalue weighted by Gasteiger charge is 2.10. The average molecular weight is 208 g/mol. The third-order valence-electron chi connectivity index (χ3n) is 2.27. The fourth-order valence-corrected chi connectivity index (χ4v) is 1.56. The highest BCUT2D eigenvalue weighted by molar-refractivity contribution is 5.79. The van der Waals surface area contributed by atoms with E-state index in [1.54, 1.807) is 23.7 Å². The fourth-order valence-electron chi connectivity index (χ4n) is 1.56. The molecular weight excluding hydrogens is 195 g/mol. The maximum Gasteiger partial charge on any atom is 0.203 e. The van der Waals surface area contributed by atoms with E-state index in [1.165, 1.54) is 6.07 Å². The van der Waals surface area contributed by atoms with E-state index in [1.807, 2.05) is 0 Å². The molecule has 15 heavy (non-hydrogen) atoms. The lowest BCUT2D eigenvalue weighted by atomic mass is 10.3. The van der Waals surface area contributed by atoms with Crippen molar-refractivity contribution in [3.05, 3.63) is 24.0 Å². The van der Waals surface area contributed by atoms with Gasteiger partial charge in [-0.05, 0) is 12.1 Å². The number of imidazole rings is 1. The van der Waals surface area contributed by atoms with Gasteiger partial charge in [0, 0.05) is 20.1 Å². The summed E-state index contributed by atoms with van der Waals surface area (Å²) in [7, 11) is 1.78. The Balaban J connectivity index is 2.50. The summed E-state index contributed by atoms with van der Waals surface area (Å²) in [6.45, 7) is 1.14. The van der Waals surface area contributed by atoms with Gasteiger partial charge in [0.25, 0.3) is 0 Å². The van der Waals surface area contributed by atoms with Crippen LogP contribution in [0.3, 0.4) is 0 Å². The first kappa shape index (κ1) is 9.92. The lowest BCUT2D eigenvalue weighted by Gasteiger charge is -2.03. The molecule has 1 aromatic heterocycles. The van der Waals surface area contributed by atoms with Gasteiger partial charge in [-0.2, -0.15) is 0 Å². The Bertz CT molecular complexity index is 477. The van der Waals surface area contributed by atoms with Crippen molar-refractivity contribution in [3.63, 3.8) is 0 Å². The number of aryl methyl sites for hydroxylation is 1. The first-order valence-electron chi connectivity index (χ1n) is 4.79. The molecule has 1 aromatic carbocycles. The summed E-state index contributed by atoms with van der Waals surface area (Å²) in [5.41, 5.74) is 6.54. The van der Waals surface area contributed by atoms with Crippen LogP contribution in [0.25, 0.3) is 11.0 Å². The lowest BCUT2D eigenvalue weighted by Crippen LogP contribution is -2.15. The molecule has 0 aliphatic heterocycles. The number of para-hydroxylation sites is 1. The molecule has 0 aliphatic carbocycles. The van der Waals surface area contributed by atoms with E-state index in [9.17, 15) is 4.39 Å². The maximum absolute atomic E-state index is 13.5. The largest absolute Gasteiger partial charge is 0.354 e. The van der Waals surface area contributed by atoms with Gasteiger partial charge in [0.15, 0.2) is 0 Å². The van der Waals surface area contributed by atoms with Crippen LogP contribution in [0.5, 0.6) is 0 Å². The first-order chi connectivity index (χ1) is 7.24. The molecule has 1 heterocycles. The first-order valence-corrected chi connectivity index (χ1v) is 4.79. The topological polar surface area (TPSA) is 55.9 Å². The van der Waals surface area contributed by atoms with E-state index < -0.39 is 0 Å². The normalized spacial score (nSPS) is 10.9. The van der Waals surface area contributed by atoms with E-state index in [0.29, 0.717) is 30.1 Å². The Morgan fingerprint density at radius 3 is 3.00 bits per heavy atom. The van der Waals surface area contributed by atoms with Crippen molar-refractivity contribution in [1.82, 2.24) is 9.55 Å². The van der Waals surface area contributed by atoms with Crippen molar-refractivity contribution in [1.29, 1.82) is 0 Å². The molecule has 0 saturated heterocycles. The molecule has 4 nitrogen and oxygen atoms in total. The number of rotatable bonds is 3. The Kier molecular flexibility index (Phi) is 2.55. The van der Waals surface area contributed by atoms with Crippen LogP contribution in [-0.4, -0.2) is 22.6 Å². The highest BCUT2D eigenvalue weighted by Crippen LogP contribution is 2.20. The molecule has 0 aliphatic rings. The van der Waals surface area contributed by atoms with Crippen molar-refractivity contribution < 1.29 is 4.39 Å². The monoisotopic (exact) mass is 208 g/mol. The molecule has 0 amide bonds. The molecule has 0 atom stereocenters.